The van der Waals surface area contributed by atoms with E-state index in [2.05, 4.69) is 50.7 Å². The van der Waals surface area contributed by atoms with Gasteiger partial charge in [-0.2, -0.15) is 0 Å². The maximum atomic E-state index is 11.8. The third-order valence-electron chi connectivity index (χ3n) is 2.88. The minimum atomic E-state index is -0.302. The summed E-state index contributed by atoms with van der Waals surface area (Å²) in [7, 11) is 0. The average molecular weight is 369 g/mol. The van der Waals surface area contributed by atoms with Crippen LogP contribution >= 0.6 is 27.3 Å². The number of hydrogen-bond acceptors (Lipinski definition) is 4. The SMILES string of the molecule is CCNC(C)c1ccc(NC(=O)Nc2ncc(Br)s2)cc1. The number of hydrogen-bond donors (Lipinski definition) is 3. The number of halogens is 1. The van der Waals surface area contributed by atoms with Crippen molar-refractivity contribution in [2.75, 3.05) is 17.2 Å². The molecule has 112 valence electrons. The molecule has 0 radical (unpaired) electrons. The number of anilines is 2. The van der Waals surface area contributed by atoms with Crippen LogP contribution in [0.15, 0.2) is 34.2 Å². The van der Waals surface area contributed by atoms with Crippen molar-refractivity contribution in [2.24, 2.45) is 0 Å². The average Bonchev–Trinajstić information content (AvgIpc) is 2.85. The quantitative estimate of drug-likeness (QED) is 0.739. The number of benzene rings is 1. The van der Waals surface area contributed by atoms with Gasteiger partial charge in [0.05, 0.1) is 9.98 Å². The van der Waals surface area contributed by atoms with Gasteiger partial charge in [-0.1, -0.05) is 30.4 Å². The number of nitrogens with one attached hydrogen (secondary N) is 3. The summed E-state index contributed by atoms with van der Waals surface area (Å²) >= 11 is 4.67. The van der Waals surface area contributed by atoms with Crippen molar-refractivity contribution in [1.82, 2.24) is 10.3 Å². The summed E-state index contributed by atoms with van der Waals surface area (Å²) in [6, 6.07) is 7.78. The van der Waals surface area contributed by atoms with Crippen LogP contribution in [0.4, 0.5) is 15.6 Å². The van der Waals surface area contributed by atoms with Gasteiger partial charge in [-0.3, -0.25) is 5.32 Å². The van der Waals surface area contributed by atoms with E-state index in [9.17, 15) is 4.79 Å². The molecule has 0 aliphatic rings. The Morgan fingerprint density at radius 1 is 1.33 bits per heavy atom. The van der Waals surface area contributed by atoms with E-state index in [0.717, 1.165) is 16.0 Å². The minimum Gasteiger partial charge on any atom is -0.310 e. The van der Waals surface area contributed by atoms with Crippen LogP contribution in [0.3, 0.4) is 0 Å². The summed E-state index contributed by atoms with van der Waals surface area (Å²) in [5, 5.41) is 9.36. The van der Waals surface area contributed by atoms with Crippen LogP contribution in [0.25, 0.3) is 0 Å². The molecule has 1 heterocycles. The molecular formula is C14H17BrN4OS. The highest BCUT2D eigenvalue weighted by Gasteiger charge is 2.07. The van der Waals surface area contributed by atoms with Crippen LogP contribution in [-0.2, 0) is 0 Å². The van der Waals surface area contributed by atoms with E-state index in [0.29, 0.717) is 11.2 Å². The van der Waals surface area contributed by atoms with Gasteiger partial charge >= 0.3 is 6.03 Å². The molecule has 0 aliphatic heterocycles. The molecule has 1 aromatic carbocycles. The second-order valence-electron chi connectivity index (χ2n) is 4.45. The van der Waals surface area contributed by atoms with Gasteiger partial charge in [0.15, 0.2) is 5.13 Å². The number of thiazole rings is 1. The fourth-order valence-electron chi connectivity index (χ4n) is 1.85. The first-order chi connectivity index (χ1) is 10.1. The molecule has 7 heteroatoms. The molecule has 0 fully saturated rings. The van der Waals surface area contributed by atoms with Crippen LogP contribution < -0.4 is 16.0 Å². The van der Waals surface area contributed by atoms with Crippen molar-refractivity contribution in [3.05, 3.63) is 39.8 Å². The zero-order valence-corrected chi connectivity index (χ0v) is 14.2. The Morgan fingerprint density at radius 2 is 2.05 bits per heavy atom. The number of amides is 2. The third kappa shape index (κ3) is 4.80. The minimum absolute atomic E-state index is 0.297. The smallest absolute Gasteiger partial charge is 0.310 e. The molecule has 0 bridgehead atoms. The molecule has 1 unspecified atom stereocenters. The first kappa shape index (κ1) is 15.9. The summed E-state index contributed by atoms with van der Waals surface area (Å²) < 4.78 is 0.875. The summed E-state index contributed by atoms with van der Waals surface area (Å²) in [5.41, 5.74) is 1.93. The van der Waals surface area contributed by atoms with Crippen LogP contribution in [0.5, 0.6) is 0 Å². The second kappa shape index (κ2) is 7.53. The van der Waals surface area contributed by atoms with Gasteiger partial charge in [0.1, 0.15) is 0 Å². The maximum Gasteiger partial charge on any atom is 0.325 e. The van der Waals surface area contributed by atoms with Crippen molar-refractivity contribution in [3.63, 3.8) is 0 Å². The number of urea groups is 1. The Bertz CT molecular complexity index is 599. The van der Waals surface area contributed by atoms with Gasteiger partial charge in [-0.25, -0.2) is 9.78 Å². The standard InChI is InChI=1S/C14H17BrN4OS/c1-3-16-9(2)10-4-6-11(7-5-10)18-13(20)19-14-17-8-12(15)21-14/h4-9,16H,3H2,1-2H3,(H2,17,18,19,20). The summed E-state index contributed by atoms with van der Waals surface area (Å²) in [6.07, 6.45) is 1.65. The molecule has 1 atom stereocenters. The fourth-order valence-corrected chi connectivity index (χ4v) is 2.95. The zero-order valence-electron chi connectivity index (χ0n) is 11.8. The zero-order chi connectivity index (χ0) is 15.2. The van der Waals surface area contributed by atoms with E-state index in [1.165, 1.54) is 16.9 Å². The molecule has 3 N–H and O–H groups in total. The second-order valence-corrected chi connectivity index (χ2v) is 6.86. The molecule has 1 aromatic heterocycles. The highest BCUT2D eigenvalue weighted by molar-refractivity contribution is 9.11. The highest BCUT2D eigenvalue weighted by Crippen LogP contribution is 2.23. The Hall–Kier alpha value is -1.44. The molecule has 0 saturated heterocycles. The highest BCUT2D eigenvalue weighted by atomic mass is 79.9. The third-order valence-corrected chi connectivity index (χ3v) is 4.27. The largest absolute Gasteiger partial charge is 0.325 e. The maximum absolute atomic E-state index is 11.8. The molecule has 5 nitrogen and oxygen atoms in total. The van der Waals surface area contributed by atoms with E-state index < -0.39 is 0 Å². The molecule has 2 amide bonds. The molecule has 2 rings (SSSR count). The summed E-state index contributed by atoms with van der Waals surface area (Å²) in [6.45, 7) is 5.11. The Morgan fingerprint density at radius 3 is 2.62 bits per heavy atom. The van der Waals surface area contributed by atoms with E-state index in [1.807, 2.05) is 24.3 Å². The van der Waals surface area contributed by atoms with E-state index >= 15 is 0 Å². The monoisotopic (exact) mass is 368 g/mol. The van der Waals surface area contributed by atoms with Crippen molar-refractivity contribution in [2.45, 2.75) is 19.9 Å². The molecule has 21 heavy (non-hydrogen) atoms. The van der Waals surface area contributed by atoms with Crippen LogP contribution in [0.1, 0.15) is 25.5 Å². The lowest BCUT2D eigenvalue weighted by molar-refractivity contribution is 0.262. The topological polar surface area (TPSA) is 66.0 Å². The first-order valence-corrected chi connectivity index (χ1v) is 8.22. The van der Waals surface area contributed by atoms with Crippen LogP contribution in [-0.4, -0.2) is 17.6 Å². The fraction of sp³-hybridized carbons (Fsp3) is 0.286. The molecular weight excluding hydrogens is 352 g/mol. The summed E-state index contributed by atoms with van der Waals surface area (Å²) in [4.78, 5) is 15.9. The van der Waals surface area contributed by atoms with Gasteiger partial charge in [0.2, 0.25) is 0 Å². The van der Waals surface area contributed by atoms with Crippen molar-refractivity contribution < 1.29 is 4.79 Å². The predicted molar refractivity (Wildman–Crippen MR) is 91.0 cm³/mol. The Labute approximate surface area is 136 Å². The van der Waals surface area contributed by atoms with E-state index in [-0.39, 0.29) is 6.03 Å². The lowest BCUT2D eigenvalue weighted by Crippen LogP contribution is -2.20. The van der Waals surface area contributed by atoms with Crippen molar-refractivity contribution in [1.29, 1.82) is 0 Å². The van der Waals surface area contributed by atoms with E-state index in [1.54, 1.807) is 6.20 Å². The number of carbonyl (C=O) groups is 1. The first-order valence-electron chi connectivity index (χ1n) is 6.61. The molecule has 0 aliphatic carbocycles. The lowest BCUT2D eigenvalue weighted by Gasteiger charge is -2.13. The normalized spacial score (nSPS) is 12.0. The Balaban J connectivity index is 1.92. The van der Waals surface area contributed by atoms with Gasteiger partial charge in [-0.15, -0.1) is 0 Å². The van der Waals surface area contributed by atoms with Crippen molar-refractivity contribution in [3.8, 4) is 0 Å². The number of aromatic nitrogens is 1. The number of carbonyl (C=O) groups excluding carboxylic acids is 1. The van der Waals surface area contributed by atoms with Gasteiger partial charge < -0.3 is 10.6 Å². The molecule has 0 spiro atoms. The van der Waals surface area contributed by atoms with Gasteiger partial charge in [-0.05, 0) is 47.1 Å². The molecule has 0 saturated carbocycles. The van der Waals surface area contributed by atoms with Gasteiger partial charge in [0, 0.05) is 11.7 Å². The van der Waals surface area contributed by atoms with Gasteiger partial charge in [0.25, 0.3) is 0 Å². The lowest BCUT2D eigenvalue weighted by atomic mass is 10.1. The summed E-state index contributed by atoms with van der Waals surface area (Å²) in [5.74, 6) is 0. The molecule has 2 aromatic rings. The number of nitrogens with zero attached hydrogens (tertiary/aromatic N) is 1. The van der Waals surface area contributed by atoms with Crippen LogP contribution in [0.2, 0.25) is 0 Å². The Kier molecular flexibility index (Phi) is 5.72. The van der Waals surface area contributed by atoms with Crippen molar-refractivity contribution >= 4 is 44.1 Å². The van der Waals surface area contributed by atoms with E-state index in [4.69, 9.17) is 0 Å². The van der Waals surface area contributed by atoms with Crippen LogP contribution in [0, 0.1) is 0 Å². The predicted octanol–water partition coefficient (Wildman–Crippen LogP) is 4.22. The number of rotatable bonds is 5.